The van der Waals surface area contributed by atoms with Crippen molar-refractivity contribution in [2.45, 2.75) is 37.7 Å². The normalized spacial score (nSPS) is 24.1. The third-order valence-electron chi connectivity index (χ3n) is 6.00. The number of anilines is 1. The summed E-state index contributed by atoms with van der Waals surface area (Å²) < 4.78 is 32.4. The molecule has 1 aromatic carbocycles. The summed E-state index contributed by atoms with van der Waals surface area (Å²) in [5, 5.41) is 2.66. The number of fused-ring (bicyclic) bond motifs is 2. The molecule has 1 amide bonds. The number of benzene rings is 1. The Labute approximate surface area is 178 Å². The van der Waals surface area contributed by atoms with Gasteiger partial charge in [-0.1, -0.05) is 6.07 Å². The molecule has 0 radical (unpaired) electrons. The maximum atomic E-state index is 14.0. The predicted molar refractivity (Wildman–Crippen MR) is 110 cm³/mol. The van der Waals surface area contributed by atoms with Crippen molar-refractivity contribution in [3.8, 4) is 11.6 Å². The quantitative estimate of drug-likeness (QED) is 0.651. The van der Waals surface area contributed by atoms with Crippen LogP contribution in [0.2, 0.25) is 0 Å². The third-order valence-corrected chi connectivity index (χ3v) is 6.00. The highest BCUT2D eigenvalue weighted by molar-refractivity contribution is 6.03. The number of carbonyl (C=O) groups excluding carboxylic acids is 1. The van der Waals surface area contributed by atoms with Gasteiger partial charge in [0.2, 0.25) is 5.65 Å². The average Bonchev–Trinajstić information content (AvgIpc) is 3.39. The summed E-state index contributed by atoms with van der Waals surface area (Å²) in [5.41, 5.74) is 1.63. The minimum atomic E-state index is -0.566. The van der Waals surface area contributed by atoms with Gasteiger partial charge in [0.15, 0.2) is 11.6 Å². The van der Waals surface area contributed by atoms with E-state index in [0.717, 1.165) is 18.5 Å². The van der Waals surface area contributed by atoms with Gasteiger partial charge in [0.1, 0.15) is 5.69 Å². The molecule has 0 unspecified atom stereocenters. The number of carbonyl (C=O) groups is 1. The van der Waals surface area contributed by atoms with E-state index >= 15 is 0 Å². The molecule has 9 heteroatoms. The van der Waals surface area contributed by atoms with Crippen molar-refractivity contribution in [1.82, 2.24) is 14.4 Å². The summed E-state index contributed by atoms with van der Waals surface area (Å²) in [4.78, 5) is 22.1. The molecule has 2 aromatic heterocycles. The highest BCUT2D eigenvalue weighted by Crippen LogP contribution is 2.58. The lowest BCUT2D eigenvalue weighted by Gasteiger charge is -2.41. The molecule has 1 aliphatic carbocycles. The van der Waals surface area contributed by atoms with Gasteiger partial charge in [0.05, 0.1) is 37.3 Å². The molecule has 0 spiro atoms. The molecular formula is C22H23FN4O4. The van der Waals surface area contributed by atoms with Crippen molar-refractivity contribution in [2.24, 2.45) is 0 Å². The molecule has 3 aromatic rings. The highest BCUT2D eigenvalue weighted by Gasteiger charge is 2.61. The topological polar surface area (TPSA) is 87.0 Å². The lowest BCUT2D eigenvalue weighted by Crippen LogP contribution is -2.45. The third kappa shape index (κ3) is 3.11. The summed E-state index contributed by atoms with van der Waals surface area (Å²) in [6.45, 7) is 4.97. The summed E-state index contributed by atoms with van der Waals surface area (Å²) in [7, 11) is 1.34. The summed E-state index contributed by atoms with van der Waals surface area (Å²) in [6.07, 6.45) is 5.36. The first-order valence-corrected chi connectivity index (χ1v) is 10.2. The maximum Gasteiger partial charge on any atom is 0.276 e. The number of hydrogen-bond acceptors (Lipinski definition) is 6. The van der Waals surface area contributed by atoms with Gasteiger partial charge in [-0.25, -0.2) is 14.4 Å². The molecule has 3 fully saturated rings. The number of para-hydroxylation sites is 1. The molecule has 162 valence electrons. The van der Waals surface area contributed by atoms with E-state index in [4.69, 9.17) is 19.2 Å². The van der Waals surface area contributed by atoms with Crippen molar-refractivity contribution in [2.75, 3.05) is 25.6 Å². The zero-order valence-electron chi connectivity index (χ0n) is 17.6. The van der Waals surface area contributed by atoms with E-state index in [1.807, 2.05) is 13.1 Å². The lowest BCUT2D eigenvalue weighted by molar-refractivity contribution is 0.0154. The Morgan fingerprint density at radius 2 is 2.13 bits per heavy atom. The summed E-state index contributed by atoms with van der Waals surface area (Å²) >= 11 is 0. The smallest absolute Gasteiger partial charge is 0.276 e. The number of hydrogen-bond donors (Lipinski definition) is 1. The molecule has 4 heterocycles. The van der Waals surface area contributed by atoms with Gasteiger partial charge in [0, 0.05) is 17.8 Å². The highest BCUT2D eigenvalue weighted by atomic mass is 19.1. The Morgan fingerprint density at radius 3 is 2.81 bits per heavy atom. The number of nitrogens with one attached hydrogen (secondary N) is 1. The monoisotopic (exact) mass is 426 g/mol. The van der Waals surface area contributed by atoms with Gasteiger partial charge in [-0.3, -0.25) is 9.20 Å². The Balaban J connectivity index is 1.51. The zero-order valence-corrected chi connectivity index (χ0v) is 17.6. The number of methoxy groups -OCH3 is 1. The van der Waals surface area contributed by atoms with Gasteiger partial charge >= 0.3 is 0 Å². The van der Waals surface area contributed by atoms with Crippen molar-refractivity contribution in [3.63, 3.8) is 0 Å². The molecule has 6 rings (SSSR count). The van der Waals surface area contributed by atoms with Crippen LogP contribution in [0.3, 0.4) is 0 Å². The van der Waals surface area contributed by atoms with E-state index in [1.165, 1.54) is 19.2 Å². The van der Waals surface area contributed by atoms with E-state index < -0.39 is 11.7 Å². The van der Waals surface area contributed by atoms with Crippen LogP contribution >= 0.6 is 0 Å². The number of aromatic nitrogens is 3. The second-order valence-corrected chi connectivity index (χ2v) is 8.37. The first-order chi connectivity index (χ1) is 14.9. The van der Waals surface area contributed by atoms with Crippen LogP contribution in [0, 0.1) is 5.82 Å². The van der Waals surface area contributed by atoms with Crippen LogP contribution in [-0.2, 0) is 10.2 Å². The van der Waals surface area contributed by atoms with E-state index in [0.29, 0.717) is 18.9 Å². The van der Waals surface area contributed by atoms with E-state index in [-0.39, 0.29) is 34.0 Å². The van der Waals surface area contributed by atoms with Crippen molar-refractivity contribution in [3.05, 3.63) is 47.8 Å². The molecule has 8 nitrogen and oxygen atoms in total. The largest absolute Gasteiger partial charge is 0.492 e. The molecule has 2 saturated heterocycles. The molecule has 3 aliphatic rings. The molecule has 2 bridgehead atoms. The molecule has 31 heavy (non-hydrogen) atoms. The second-order valence-electron chi connectivity index (χ2n) is 8.37. The first-order valence-electron chi connectivity index (χ1n) is 10.2. The SMILES string of the molecule is CCOc1nc(C(=O)Nc2cccc(F)c2OC)cn2cc(C34COC(C)(C3)C4)nc12. The molecular weight excluding hydrogens is 403 g/mol. The summed E-state index contributed by atoms with van der Waals surface area (Å²) in [5.74, 6) is -0.852. The number of ether oxygens (including phenoxy) is 3. The van der Waals surface area contributed by atoms with Crippen LogP contribution in [0.1, 0.15) is 42.9 Å². The Hall–Kier alpha value is -3.20. The van der Waals surface area contributed by atoms with Gasteiger partial charge in [-0.05, 0) is 38.8 Å². The lowest BCUT2D eigenvalue weighted by atomic mass is 9.62. The maximum absolute atomic E-state index is 14.0. The summed E-state index contributed by atoms with van der Waals surface area (Å²) in [6, 6.07) is 4.31. The van der Waals surface area contributed by atoms with E-state index in [1.54, 1.807) is 16.7 Å². The van der Waals surface area contributed by atoms with Crippen LogP contribution < -0.4 is 14.8 Å². The standard InChI is InChI=1S/C22H23FN4O4/c1-4-30-20-18-26-16(22-10-21(2,11-22)31-12-22)9-27(18)8-15(25-20)19(28)24-14-7-5-6-13(23)17(14)29-3/h5-9H,4,10-12H2,1-3H3,(H,24,28). The van der Waals surface area contributed by atoms with Crippen LogP contribution in [0.5, 0.6) is 11.6 Å². The number of amides is 1. The second kappa shape index (κ2) is 6.91. The average molecular weight is 426 g/mol. The fraction of sp³-hybridized carbons (Fsp3) is 0.409. The first kappa shape index (κ1) is 19.7. The van der Waals surface area contributed by atoms with Gasteiger partial charge in [-0.2, -0.15) is 0 Å². The van der Waals surface area contributed by atoms with Gasteiger partial charge in [-0.15, -0.1) is 0 Å². The van der Waals surface area contributed by atoms with Crippen LogP contribution in [0.15, 0.2) is 30.6 Å². The predicted octanol–water partition coefficient (Wildman–Crippen LogP) is 3.35. The van der Waals surface area contributed by atoms with Gasteiger partial charge in [0.25, 0.3) is 11.8 Å². The minimum absolute atomic E-state index is 0.0414. The van der Waals surface area contributed by atoms with Crippen LogP contribution in [0.25, 0.3) is 5.65 Å². The minimum Gasteiger partial charge on any atom is -0.492 e. The van der Waals surface area contributed by atoms with E-state index in [9.17, 15) is 9.18 Å². The van der Waals surface area contributed by atoms with Gasteiger partial charge < -0.3 is 19.5 Å². The van der Waals surface area contributed by atoms with Crippen LogP contribution in [-0.4, -0.2) is 46.2 Å². The fourth-order valence-electron chi connectivity index (χ4n) is 4.72. The molecule has 1 saturated carbocycles. The number of rotatable bonds is 6. The van der Waals surface area contributed by atoms with Crippen molar-refractivity contribution in [1.29, 1.82) is 0 Å². The number of nitrogens with zero attached hydrogens (tertiary/aromatic N) is 3. The molecule has 2 aliphatic heterocycles. The van der Waals surface area contributed by atoms with Crippen LogP contribution in [0.4, 0.5) is 10.1 Å². The van der Waals surface area contributed by atoms with E-state index in [2.05, 4.69) is 17.2 Å². The Kier molecular flexibility index (Phi) is 4.40. The number of imidazole rings is 1. The number of halogens is 1. The Bertz CT molecular complexity index is 1190. The molecule has 1 N–H and O–H groups in total. The Morgan fingerprint density at radius 1 is 1.32 bits per heavy atom. The zero-order chi connectivity index (χ0) is 21.8. The van der Waals surface area contributed by atoms with Crippen molar-refractivity contribution < 1.29 is 23.4 Å². The fourth-order valence-corrected chi connectivity index (χ4v) is 4.72. The van der Waals surface area contributed by atoms with Crippen molar-refractivity contribution >= 4 is 17.2 Å². The molecule has 0 atom stereocenters.